The van der Waals surface area contributed by atoms with Crippen LogP contribution in [0.5, 0.6) is 0 Å². The smallest absolute Gasteiger partial charge is 0.283 e. The van der Waals surface area contributed by atoms with Crippen LogP contribution in [0.3, 0.4) is 0 Å². The molecule has 0 bridgehead atoms. The molecule has 0 saturated carbocycles. The van der Waals surface area contributed by atoms with E-state index in [1.165, 1.54) is 0 Å². The van der Waals surface area contributed by atoms with Gasteiger partial charge in [-0.25, -0.2) is 0 Å². The van der Waals surface area contributed by atoms with Gasteiger partial charge in [-0.3, -0.25) is 4.55 Å². The molecule has 12 heavy (non-hydrogen) atoms. The average molecular weight is 187 g/mol. The molecule has 1 aromatic rings. The van der Waals surface area contributed by atoms with Gasteiger partial charge in [0.2, 0.25) is 0 Å². The number of rotatable bonds is 4. The molecule has 5 heteroatoms. The van der Waals surface area contributed by atoms with Gasteiger partial charge in [-0.2, -0.15) is 14.0 Å². The number of hydrogen-bond donors (Lipinski definition) is 2. The van der Waals surface area contributed by atoms with Gasteiger partial charge in [-0.15, -0.1) is 0 Å². The van der Waals surface area contributed by atoms with Gasteiger partial charge in [0.25, 0.3) is 0 Å². The summed E-state index contributed by atoms with van der Waals surface area (Å²) in [5.41, 5.74) is 3.34. The van der Waals surface area contributed by atoms with E-state index in [2.05, 4.69) is 9.76 Å². The van der Waals surface area contributed by atoms with E-state index in [1.807, 2.05) is 30.3 Å². The van der Waals surface area contributed by atoms with Gasteiger partial charge < -0.3 is 0 Å². The first-order chi connectivity index (χ1) is 5.79. The lowest BCUT2D eigenvalue weighted by atomic mass is 10.2. The van der Waals surface area contributed by atoms with Crippen LogP contribution in [0.15, 0.2) is 30.3 Å². The van der Waals surface area contributed by atoms with Gasteiger partial charge in [0.15, 0.2) is 0 Å². The van der Waals surface area contributed by atoms with E-state index >= 15 is 0 Å². The van der Waals surface area contributed by atoms with E-state index in [4.69, 9.17) is 4.55 Å². The summed E-state index contributed by atoms with van der Waals surface area (Å²) in [6, 6.07) is 9.43. The van der Waals surface area contributed by atoms with Crippen LogP contribution in [0, 0.1) is 0 Å². The molecule has 2 N–H and O–H groups in total. The van der Waals surface area contributed by atoms with Crippen molar-refractivity contribution in [3.05, 3.63) is 35.9 Å². The van der Waals surface area contributed by atoms with Gasteiger partial charge in [0, 0.05) is 6.54 Å². The fraction of sp³-hybridized carbons (Fsp3) is 0.143. The maximum Gasteiger partial charge on any atom is 0.319 e. The molecule has 0 saturated heterocycles. The highest BCUT2D eigenvalue weighted by Crippen LogP contribution is 1.96. The van der Waals surface area contributed by atoms with Crippen LogP contribution in [0.4, 0.5) is 0 Å². The highest BCUT2D eigenvalue weighted by molar-refractivity contribution is 7.74. The van der Waals surface area contributed by atoms with E-state index in [0.717, 1.165) is 5.56 Å². The highest BCUT2D eigenvalue weighted by atomic mass is 32.2. The first-order valence-electron chi connectivity index (χ1n) is 3.34. The van der Waals surface area contributed by atoms with Gasteiger partial charge in [-0.05, 0) is 5.56 Å². The molecule has 0 aliphatic heterocycles. The molecule has 0 spiro atoms. The van der Waals surface area contributed by atoms with E-state index in [-0.39, 0.29) is 0 Å². The van der Waals surface area contributed by atoms with Crippen molar-refractivity contribution in [3.8, 4) is 0 Å². The number of benzene rings is 1. The summed E-state index contributed by atoms with van der Waals surface area (Å²) in [5, 5.41) is 0. The predicted molar refractivity (Wildman–Crippen MR) is 45.1 cm³/mol. The Morgan fingerprint density at radius 1 is 1.42 bits per heavy atom. The molecular weight excluding hydrogens is 178 g/mol. The van der Waals surface area contributed by atoms with Crippen molar-refractivity contribution >= 4 is 11.4 Å². The molecule has 0 heterocycles. The van der Waals surface area contributed by atoms with Crippen molar-refractivity contribution in [3.63, 3.8) is 0 Å². The minimum absolute atomic E-state index is 0.410. The lowest BCUT2D eigenvalue weighted by Crippen LogP contribution is -2.15. The molecule has 4 nitrogen and oxygen atoms in total. The lowest BCUT2D eigenvalue weighted by Gasteiger charge is -2.00. The fourth-order valence-electron chi connectivity index (χ4n) is 0.759. The van der Waals surface area contributed by atoms with Crippen LogP contribution in [0.1, 0.15) is 5.56 Å². The maximum atomic E-state index is 10.0. The molecule has 1 unspecified atom stereocenters. The molecule has 0 amide bonds. The van der Waals surface area contributed by atoms with Crippen molar-refractivity contribution in [2.75, 3.05) is 0 Å². The standard InChI is InChI=1S/C7H9NO3S/c9-12(10)11-8-6-7-4-2-1-3-5-7/h1-5,8H,6H2,(H,9,10). The Morgan fingerprint density at radius 2 is 2.08 bits per heavy atom. The molecule has 0 aliphatic rings. The zero-order valence-electron chi connectivity index (χ0n) is 6.27. The first-order valence-corrected chi connectivity index (χ1v) is 4.37. The Bertz CT molecular complexity index is 252. The quantitative estimate of drug-likeness (QED) is 0.542. The Kier molecular flexibility index (Phi) is 3.89. The van der Waals surface area contributed by atoms with Crippen LogP contribution < -0.4 is 5.48 Å². The van der Waals surface area contributed by atoms with Crippen molar-refractivity contribution in [2.45, 2.75) is 6.54 Å². The fourth-order valence-corrected chi connectivity index (χ4v) is 0.919. The summed E-state index contributed by atoms with van der Waals surface area (Å²) < 4.78 is 22.5. The Hall–Kier alpha value is -0.750. The first kappa shape index (κ1) is 9.34. The minimum Gasteiger partial charge on any atom is -0.283 e. The van der Waals surface area contributed by atoms with Crippen LogP contribution in [-0.4, -0.2) is 8.76 Å². The van der Waals surface area contributed by atoms with E-state index in [1.54, 1.807) is 0 Å². The maximum absolute atomic E-state index is 10.0. The minimum atomic E-state index is -2.25. The van der Waals surface area contributed by atoms with Gasteiger partial charge in [-0.1, -0.05) is 30.3 Å². The van der Waals surface area contributed by atoms with Crippen LogP contribution in [-0.2, 0) is 22.2 Å². The predicted octanol–water partition coefficient (Wildman–Crippen LogP) is 0.844. The second-order valence-electron chi connectivity index (χ2n) is 2.11. The summed E-state index contributed by atoms with van der Waals surface area (Å²) in [6.45, 7) is 0.410. The van der Waals surface area contributed by atoms with E-state index < -0.39 is 11.4 Å². The van der Waals surface area contributed by atoms with Crippen LogP contribution in [0.25, 0.3) is 0 Å². The summed E-state index contributed by atoms with van der Waals surface area (Å²) in [4.78, 5) is 0. The molecule has 66 valence electrons. The second kappa shape index (κ2) is 5.00. The number of hydrogen-bond acceptors (Lipinski definition) is 3. The van der Waals surface area contributed by atoms with E-state index in [9.17, 15) is 4.21 Å². The lowest BCUT2D eigenvalue weighted by molar-refractivity contribution is 0.193. The normalized spacial score (nSPS) is 12.8. The zero-order chi connectivity index (χ0) is 8.81. The molecule has 0 radical (unpaired) electrons. The molecular formula is C7H9NO3S. The topological polar surface area (TPSA) is 58.6 Å². The average Bonchev–Trinajstić information content (AvgIpc) is 2.05. The highest BCUT2D eigenvalue weighted by Gasteiger charge is 1.93. The largest absolute Gasteiger partial charge is 0.319 e. The Morgan fingerprint density at radius 3 is 2.67 bits per heavy atom. The molecule has 0 fully saturated rings. The summed E-state index contributed by atoms with van der Waals surface area (Å²) in [7, 11) is 0. The molecule has 1 rings (SSSR count). The third-order valence-corrected chi connectivity index (χ3v) is 1.51. The number of nitrogens with one attached hydrogen (secondary N) is 1. The van der Waals surface area contributed by atoms with Crippen molar-refractivity contribution in [1.29, 1.82) is 0 Å². The molecule has 0 aromatic heterocycles. The molecule has 1 aromatic carbocycles. The van der Waals surface area contributed by atoms with Crippen molar-refractivity contribution in [1.82, 2.24) is 5.48 Å². The third kappa shape index (κ3) is 3.59. The van der Waals surface area contributed by atoms with E-state index in [0.29, 0.717) is 6.54 Å². The van der Waals surface area contributed by atoms with Crippen molar-refractivity contribution < 1.29 is 13.0 Å². The molecule has 1 atom stereocenters. The van der Waals surface area contributed by atoms with Gasteiger partial charge >= 0.3 is 11.4 Å². The van der Waals surface area contributed by atoms with Crippen LogP contribution >= 0.6 is 0 Å². The Balaban J connectivity index is 2.29. The Labute approximate surface area is 73.0 Å². The van der Waals surface area contributed by atoms with Crippen LogP contribution in [0.2, 0.25) is 0 Å². The second-order valence-corrected chi connectivity index (χ2v) is 2.71. The summed E-state index contributed by atoms with van der Waals surface area (Å²) in [6.07, 6.45) is 0. The number of hydroxylamine groups is 1. The van der Waals surface area contributed by atoms with Gasteiger partial charge in [0.05, 0.1) is 0 Å². The third-order valence-electron chi connectivity index (χ3n) is 1.25. The SMILES string of the molecule is O=S(O)ONCc1ccccc1. The van der Waals surface area contributed by atoms with Crippen molar-refractivity contribution in [2.24, 2.45) is 0 Å². The van der Waals surface area contributed by atoms with Gasteiger partial charge in [0.1, 0.15) is 0 Å². The summed E-state index contributed by atoms with van der Waals surface area (Å²) in [5.74, 6) is 0. The zero-order valence-corrected chi connectivity index (χ0v) is 7.08. The molecule has 0 aliphatic carbocycles. The summed E-state index contributed by atoms with van der Waals surface area (Å²) >= 11 is -2.25. The monoisotopic (exact) mass is 187 g/mol.